The molecular weight excluding hydrogens is 180 g/mol. The summed E-state index contributed by atoms with van der Waals surface area (Å²) in [5.74, 6) is 1.42. The van der Waals surface area contributed by atoms with Gasteiger partial charge in [0.25, 0.3) is 0 Å². The van der Waals surface area contributed by atoms with Crippen molar-refractivity contribution in [2.45, 2.75) is 12.5 Å². The van der Waals surface area contributed by atoms with Crippen molar-refractivity contribution in [1.82, 2.24) is 19.5 Å². The van der Waals surface area contributed by atoms with Crippen LogP contribution >= 0.6 is 0 Å². The second kappa shape index (κ2) is 3.63. The van der Waals surface area contributed by atoms with Crippen LogP contribution in [0.4, 0.5) is 0 Å². The van der Waals surface area contributed by atoms with E-state index in [0.29, 0.717) is 12.2 Å². The number of hydrogen-bond donors (Lipinski definition) is 2. The van der Waals surface area contributed by atoms with Gasteiger partial charge in [-0.1, -0.05) is 0 Å². The molecule has 2 N–H and O–H groups in total. The summed E-state index contributed by atoms with van der Waals surface area (Å²) < 4.78 is 1.88. The maximum absolute atomic E-state index is 9.76. The first-order valence-corrected chi connectivity index (χ1v) is 4.41. The summed E-state index contributed by atoms with van der Waals surface area (Å²) in [6.07, 6.45) is 6.73. The summed E-state index contributed by atoms with van der Waals surface area (Å²) in [5, 5.41) is 9.76. The van der Waals surface area contributed by atoms with E-state index in [-0.39, 0.29) is 0 Å². The van der Waals surface area contributed by atoms with E-state index in [4.69, 9.17) is 0 Å². The van der Waals surface area contributed by atoms with Crippen LogP contribution in [0.5, 0.6) is 0 Å². The molecule has 0 aliphatic rings. The van der Waals surface area contributed by atoms with Crippen LogP contribution < -0.4 is 0 Å². The summed E-state index contributed by atoms with van der Waals surface area (Å²) in [5.41, 5.74) is 0. The molecule has 0 aliphatic heterocycles. The molecule has 74 valence electrons. The van der Waals surface area contributed by atoms with E-state index in [0.717, 1.165) is 5.82 Å². The Balaban J connectivity index is 2.09. The minimum absolute atomic E-state index is 0.469. The van der Waals surface area contributed by atoms with Crippen LogP contribution in [0.25, 0.3) is 0 Å². The van der Waals surface area contributed by atoms with Gasteiger partial charge in [-0.3, -0.25) is 0 Å². The van der Waals surface area contributed by atoms with Crippen molar-refractivity contribution in [3.8, 4) is 0 Å². The predicted octanol–water partition coefficient (Wildman–Crippen LogP) is 0.419. The number of H-pyrrole nitrogens is 1. The SMILES string of the molecule is Cn1ccnc1CC(O)c1ncc[nH]1. The monoisotopic (exact) mass is 192 g/mol. The lowest BCUT2D eigenvalue weighted by atomic mass is 10.2. The zero-order valence-electron chi connectivity index (χ0n) is 7.88. The molecule has 2 aromatic rings. The van der Waals surface area contributed by atoms with Crippen molar-refractivity contribution in [3.63, 3.8) is 0 Å². The fourth-order valence-electron chi connectivity index (χ4n) is 1.32. The maximum atomic E-state index is 9.76. The molecule has 1 atom stereocenters. The molecule has 0 saturated carbocycles. The highest BCUT2D eigenvalue weighted by Crippen LogP contribution is 2.12. The smallest absolute Gasteiger partial charge is 0.135 e. The van der Waals surface area contributed by atoms with Gasteiger partial charge in [0, 0.05) is 38.3 Å². The molecule has 2 rings (SSSR count). The highest BCUT2D eigenvalue weighted by Gasteiger charge is 2.12. The van der Waals surface area contributed by atoms with E-state index in [9.17, 15) is 5.11 Å². The number of aromatic amines is 1. The summed E-state index contributed by atoms with van der Waals surface area (Å²) >= 11 is 0. The zero-order chi connectivity index (χ0) is 9.97. The van der Waals surface area contributed by atoms with Crippen molar-refractivity contribution < 1.29 is 5.11 Å². The summed E-state index contributed by atoms with van der Waals surface area (Å²) in [6.45, 7) is 0. The summed E-state index contributed by atoms with van der Waals surface area (Å²) in [4.78, 5) is 11.0. The number of hydrogen-bond acceptors (Lipinski definition) is 3. The predicted molar refractivity (Wildman–Crippen MR) is 50.5 cm³/mol. The maximum Gasteiger partial charge on any atom is 0.135 e. The van der Waals surface area contributed by atoms with Crippen molar-refractivity contribution in [2.24, 2.45) is 7.05 Å². The van der Waals surface area contributed by atoms with E-state index in [2.05, 4.69) is 15.0 Å². The highest BCUT2D eigenvalue weighted by molar-refractivity contribution is 4.99. The highest BCUT2D eigenvalue weighted by atomic mass is 16.3. The molecule has 0 bridgehead atoms. The first-order valence-electron chi connectivity index (χ1n) is 4.41. The number of aliphatic hydroxyl groups is 1. The van der Waals surface area contributed by atoms with Gasteiger partial charge in [0.2, 0.25) is 0 Å². The Kier molecular flexibility index (Phi) is 2.32. The van der Waals surface area contributed by atoms with Crippen LogP contribution in [-0.2, 0) is 13.5 Å². The first kappa shape index (κ1) is 8.96. The van der Waals surface area contributed by atoms with E-state index < -0.39 is 6.10 Å². The van der Waals surface area contributed by atoms with Crippen LogP contribution in [-0.4, -0.2) is 24.6 Å². The van der Waals surface area contributed by atoms with Gasteiger partial charge in [-0.2, -0.15) is 0 Å². The van der Waals surface area contributed by atoms with Crippen molar-refractivity contribution >= 4 is 0 Å². The molecule has 5 heteroatoms. The first-order chi connectivity index (χ1) is 6.77. The Bertz CT molecular complexity index is 393. The summed E-state index contributed by atoms with van der Waals surface area (Å²) in [7, 11) is 1.90. The molecule has 2 heterocycles. The second-order valence-electron chi connectivity index (χ2n) is 3.15. The van der Waals surface area contributed by atoms with Crippen molar-refractivity contribution in [3.05, 3.63) is 36.4 Å². The number of aromatic nitrogens is 4. The topological polar surface area (TPSA) is 66.7 Å². The van der Waals surface area contributed by atoms with Gasteiger partial charge in [-0.15, -0.1) is 0 Å². The lowest BCUT2D eigenvalue weighted by Gasteiger charge is -2.07. The molecule has 5 nitrogen and oxygen atoms in total. The van der Waals surface area contributed by atoms with Crippen molar-refractivity contribution in [1.29, 1.82) is 0 Å². The van der Waals surface area contributed by atoms with E-state index >= 15 is 0 Å². The number of aryl methyl sites for hydroxylation is 1. The van der Waals surface area contributed by atoms with Gasteiger partial charge >= 0.3 is 0 Å². The third-order valence-electron chi connectivity index (χ3n) is 2.13. The third-order valence-corrected chi connectivity index (χ3v) is 2.13. The average Bonchev–Trinajstić information content (AvgIpc) is 2.77. The molecule has 14 heavy (non-hydrogen) atoms. The van der Waals surface area contributed by atoms with Gasteiger partial charge in [0.1, 0.15) is 17.8 Å². The van der Waals surface area contributed by atoms with E-state index in [1.807, 2.05) is 17.8 Å². The summed E-state index contributed by atoms with van der Waals surface area (Å²) in [6, 6.07) is 0. The van der Waals surface area contributed by atoms with Gasteiger partial charge < -0.3 is 14.7 Å². The third kappa shape index (κ3) is 1.67. The lowest BCUT2D eigenvalue weighted by molar-refractivity contribution is 0.166. The fraction of sp³-hybridized carbons (Fsp3) is 0.333. The van der Waals surface area contributed by atoms with E-state index in [1.54, 1.807) is 18.6 Å². The van der Waals surface area contributed by atoms with E-state index in [1.165, 1.54) is 0 Å². The normalized spacial score (nSPS) is 13.0. The van der Waals surface area contributed by atoms with Gasteiger partial charge in [-0.25, -0.2) is 9.97 Å². The molecule has 0 saturated heterocycles. The Morgan fingerprint density at radius 2 is 2.36 bits per heavy atom. The molecule has 1 unspecified atom stereocenters. The largest absolute Gasteiger partial charge is 0.385 e. The number of aliphatic hydroxyl groups excluding tert-OH is 1. The van der Waals surface area contributed by atoms with Crippen LogP contribution in [0.3, 0.4) is 0 Å². The number of imidazole rings is 2. The van der Waals surface area contributed by atoms with Gasteiger partial charge in [0.05, 0.1) is 0 Å². The average molecular weight is 192 g/mol. The van der Waals surface area contributed by atoms with Crippen molar-refractivity contribution in [2.75, 3.05) is 0 Å². The van der Waals surface area contributed by atoms with Gasteiger partial charge in [-0.05, 0) is 0 Å². The van der Waals surface area contributed by atoms with Crippen LogP contribution in [0.2, 0.25) is 0 Å². The minimum Gasteiger partial charge on any atom is -0.385 e. The lowest BCUT2D eigenvalue weighted by Crippen LogP contribution is -2.07. The Morgan fingerprint density at radius 1 is 1.50 bits per heavy atom. The van der Waals surface area contributed by atoms with Crippen LogP contribution in [0.15, 0.2) is 24.8 Å². The quantitative estimate of drug-likeness (QED) is 0.740. The molecule has 0 amide bonds. The Morgan fingerprint density at radius 3 is 2.93 bits per heavy atom. The molecular formula is C9H12N4O. The standard InChI is InChI=1S/C9H12N4O/c1-13-5-4-10-8(13)6-7(14)9-11-2-3-12-9/h2-5,7,14H,6H2,1H3,(H,11,12). The number of rotatable bonds is 3. The second-order valence-corrected chi connectivity index (χ2v) is 3.15. The molecule has 2 aromatic heterocycles. The Hall–Kier alpha value is -1.62. The van der Waals surface area contributed by atoms with Crippen LogP contribution in [0.1, 0.15) is 17.8 Å². The molecule has 0 fully saturated rings. The number of nitrogens with one attached hydrogen (secondary N) is 1. The zero-order valence-corrected chi connectivity index (χ0v) is 7.88. The minimum atomic E-state index is -0.619. The fourth-order valence-corrected chi connectivity index (χ4v) is 1.32. The molecule has 0 spiro atoms. The molecule has 0 radical (unpaired) electrons. The van der Waals surface area contributed by atoms with Gasteiger partial charge in [0.15, 0.2) is 0 Å². The number of nitrogens with zero attached hydrogens (tertiary/aromatic N) is 3. The Labute approximate surface area is 81.4 Å². The molecule has 0 aromatic carbocycles. The molecule has 0 aliphatic carbocycles. The van der Waals surface area contributed by atoms with Crippen LogP contribution in [0, 0.1) is 0 Å².